The Morgan fingerprint density at radius 2 is 1.70 bits per heavy atom. The lowest BCUT2D eigenvalue weighted by Gasteiger charge is -2.25. The molecule has 3 nitrogen and oxygen atoms in total. The van der Waals surface area contributed by atoms with Gasteiger partial charge in [-0.3, -0.25) is 0 Å². The van der Waals surface area contributed by atoms with Crippen LogP contribution in [-0.2, 0) is 15.9 Å². The zero-order valence-corrected chi connectivity index (χ0v) is 13.5. The third-order valence-corrected chi connectivity index (χ3v) is 6.19. The van der Waals surface area contributed by atoms with Gasteiger partial charge < -0.3 is 0 Å². The van der Waals surface area contributed by atoms with Crippen molar-refractivity contribution in [3.8, 4) is 0 Å². The molecule has 0 bridgehead atoms. The summed E-state index contributed by atoms with van der Waals surface area (Å²) in [7, 11) is -3.39. The van der Waals surface area contributed by atoms with Gasteiger partial charge in [-0.1, -0.05) is 31.4 Å². The molecule has 0 radical (unpaired) electrons. The Balaban J connectivity index is 2.32. The standard InChI is InChI=1S/C15H22ClNO2S/c1-13-7-8-14(12-16)11-15(13)20(18,19)17-9-5-3-2-4-6-10-17/h7-8,11H,2-6,9-10,12H2,1H3. The third kappa shape index (κ3) is 3.54. The molecule has 1 aromatic carbocycles. The average Bonchev–Trinajstić information content (AvgIpc) is 2.38. The Morgan fingerprint density at radius 3 is 2.30 bits per heavy atom. The first-order chi connectivity index (χ1) is 9.55. The minimum atomic E-state index is -3.39. The smallest absolute Gasteiger partial charge is 0.207 e. The number of aryl methyl sites for hydroxylation is 1. The molecule has 0 aliphatic carbocycles. The van der Waals surface area contributed by atoms with E-state index in [-0.39, 0.29) is 0 Å². The predicted molar refractivity (Wildman–Crippen MR) is 82.6 cm³/mol. The molecule has 1 fully saturated rings. The topological polar surface area (TPSA) is 37.4 Å². The maximum Gasteiger partial charge on any atom is 0.243 e. The van der Waals surface area contributed by atoms with Gasteiger partial charge in [0.15, 0.2) is 0 Å². The van der Waals surface area contributed by atoms with E-state index in [1.54, 1.807) is 10.4 Å². The lowest BCUT2D eigenvalue weighted by Crippen LogP contribution is -2.34. The monoisotopic (exact) mass is 315 g/mol. The van der Waals surface area contributed by atoms with Crippen LogP contribution in [0.2, 0.25) is 0 Å². The highest BCUT2D eigenvalue weighted by Gasteiger charge is 2.26. The highest BCUT2D eigenvalue weighted by molar-refractivity contribution is 7.89. The number of hydrogen-bond donors (Lipinski definition) is 0. The van der Waals surface area contributed by atoms with Crippen molar-refractivity contribution in [3.05, 3.63) is 29.3 Å². The van der Waals surface area contributed by atoms with Gasteiger partial charge in [0, 0.05) is 19.0 Å². The largest absolute Gasteiger partial charge is 0.243 e. The van der Waals surface area contributed by atoms with Gasteiger partial charge >= 0.3 is 0 Å². The predicted octanol–water partition coefficient (Wildman–Crippen LogP) is 3.69. The molecule has 1 aliphatic heterocycles. The van der Waals surface area contributed by atoms with E-state index in [0.29, 0.717) is 23.9 Å². The number of hydrogen-bond acceptors (Lipinski definition) is 2. The van der Waals surface area contributed by atoms with Gasteiger partial charge in [0.2, 0.25) is 10.0 Å². The number of nitrogens with zero attached hydrogens (tertiary/aromatic N) is 1. The molecule has 0 saturated carbocycles. The minimum absolute atomic E-state index is 0.336. The van der Waals surface area contributed by atoms with Crippen LogP contribution < -0.4 is 0 Å². The Hall–Kier alpha value is -0.580. The van der Waals surface area contributed by atoms with Gasteiger partial charge in [0.25, 0.3) is 0 Å². The first-order valence-corrected chi connectivity index (χ1v) is 9.19. The van der Waals surface area contributed by atoms with Gasteiger partial charge in [-0.05, 0) is 37.0 Å². The average molecular weight is 316 g/mol. The van der Waals surface area contributed by atoms with E-state index in [9.17, 15) is 8.42 Å². The van der Waals surface area contributed by atoms with Crippen LogP contribution in [-0.4, -0.2) is 25.8 Å². The van der Waals surface area contributed by atoms with Crippen LogP contribution in [0.15, 0.2) is 23.1 Å². The number of benzene rings is 1. The summed E-state index contributed by atoms with van der Waals surface area (Å²) in [6, 6.07) is 5.44. The van der Waals surface area contributed by atoms with E-state index in [4.69, 9.17) is 11.6 Å². The molecule has 20 heavy (non-hydrogen) atoms. The minimum Gasteiger partial charge on any atom is -0.207 e. The Bertz CT molecular complexity index is 549. The van der Waals surface area contributed by atoms with Gasteiger partial charge in [-0.25, -0.2) is 8.42 Å². The molecule has 1 aromatic rings. The zero-order chi connectivity index (χ0) is 14.6. The number of rotatable bonds is 3. The summed E-state index contributed by atoms with van der Waals surface area (Å²) >= 11 is 5.83. The molecule has 0 amide bonds. The summed E-state index contributed by atoms with van der Waals surface area (Å²) in [6.45, 7) is 3.11. The fourth-order valence-electron chi connectivity index (χ4n) is 2.60. The van der Waals surface area contributed by atoms with Gasteiger partial charge in [-0.2, -0.15) is 4.31 Å². The molecule has 5 heteroatoms. The van der Waals surface area contributed by atoms with E-state index in [1.807, 2.05) is 19.1 Å². The normalized spacial score (nSPS) is 18.5. The second kappa shape index (κ2) is 6.92. The Kier molecular flexibility index (Phi) is 5.47. The summed E-state index contributed by atoms with van der Waals surface area (Å²) in [5.74, 6) is 0.336. The highest BCUT2D eigenvalue weighted by atomic mass is 35.5. The van der Waals surface area contributed by atoms with E-state index >= 15 is 0 Å². The van der Waals surface area contributed by atoms with Crippen molar-refractivity contribution in [2.45, 2.75) is 49.8 Å². The van der Waals surface area contributed by atoms with Gasteiger partial charge in [0.1, 0.15) is 0 Å². The number of sulfonamides is 1. The lowest BCUT2D eigenvalue weighted by atomic mass is 10.1. The first-order valence-electron chi connectivity index (χ1n) is 7.21. The maximum absolute atomic E-state index is 12.8. The molecule has 0 unspecified atom stereocenters. The molecule has 1 aliphatic rings. The van der Waals surface area contributed by atoms with Crippen molar-refractivity contribution in [1.29, 1.82) is 0 Å². The van der Waals surface area contributed by atoms with Crippen LogP contribution in [0.3, 0.4) is 0 Å². The molecule has 2 rings (SSSR count). The fourth-order valence-corrected chi connectivity index (χ4v) is 4.56. The fraction of sp³-hybridized carbons (Fsp3) is 0.600. The van der Waals surface area contributed by atoms with Crippen LogP contribution in [0.25, 0.3) is 0 Å². The van der Waals surface area contributed by atoms with Crippen LogP contribution in [0.4, 0.5) is 0 Å². The van der Waals surface area contributed by atoms with Crippen LogP contribution in [0.5, 0.6) is 0 Å². The summed E-state index contributed by atoms with van der Waals surface area (Å²) in [4.78, 5) is 0.413. The second-order valence-corrected chi connectivity index (χ2v) is 7.58. The van der Waals surface area contributed by atoms with Crippen molar-refractivity contribution in [1.82, 2.24) is 4.31 Å². The van der Waals surface area contributed by atoms with Crippen molar-refractivity contribution < 1.29 is 8.42 Å². The van der Waals surface area contributed by atoms with Crippen molar-refractivity contribution in [3.63, 3.8) is 0 Å². The molecular weight excluding hydrogens is 294 g/mol. The SMILES string of the molecule is Cc1ccc(CCl)cc1S(=O)(=O)N1CCCCCCC1. The van der Waals surface area contributed by atoms with Crippen LogP contribution in [0.1, 0.15) is 43.2 Å². The molecule has 1 saturated heterocycles. The van der Waals surface area contributed by atoms with Crippen molar-refractivity contribution in [2.24, 2.45) is 0 Å². The number of alkyl halides is 1. The number of halogens is 1. The molecule has 0 aromatic heterocycles. The van der Waals surface area contributed by atoms with Crippen molar-refractivity contribution >= 4 is 21.6 Å². The first kappa shape index (κ1) is 15.8. The van der Waals surface area contributed by atoms with Gasteiger partial charge in [0.05, 0.1) is 4.90 Å². The van der Waals surface area contributed by atoms with E-state index in [2.05, 4.69) is 0 Å². The molecule has 0 spiro atoms. The molecule has 0 atom stereocenters. The third-order valence-electron chi connectivity index (χ3n) is 3.84. The van der Waals surface area contributed by atoms with Gasteiger partial charge in [-0.15, -0.1) is 11.6 Å². The van der Waals surface area contributed by atoms with E-state index in [0.717, 1.165) is 36.8 Å². The highest BCUT2D eigenvalue weighted by Crippen LogP contribution is 2.24. The quantitative estimate of drug-likeness (QED) is 0.798. The zero-order valence-electron chi connectivity index (χ0n) is 11.9. The Labute approximate surface area is 127 Å². The van der Waals surface area contributed by atoms with Crippen LogP contribution >= 0.6 is 11.6 Å². The lowest BCUT2D eigenvalue weighted by molar-refractivity contribution is 0.364. The molecule has 112 valence electrons. The van der Waals surface area contributed by atoms with Crippen LogP contribution in [0, 0.1) is 6.92 Å². The van der Waals surface area contributed by atoms with E-state index in [1.165, 1.54) is 6.42 Å². The summed E-state index contributed by atoms with van der Waals surface area (Å²) in [6.07, 6.45) is 5.36. The van der Waals surface area contributed by atoms with E-state index < -0.39 is 10.0 Å². The molecule has 1 heterocycles. The second-order valence-electron chi connectivity index (χ2n) is 5.41. The Morgan fingerprint density at radius 1 is 1.10 bits per heavy atom. The molecule has 0 N–H and O–H groups in total. The summed E-state index contributed by atoms with van der Waals surface area (Å²) in [5, 5.41) is 0. The maximum atomic E-state index is 12.8. The summed E-state index contributed by atoms with van der Waals surface area (Å²) in [5.41, 5.74) is 1.64. The van der Waals surface area contributed by atoms with Crippen molar-refractivity contribution in [2.75, 3.05) is 13.1 Å². The molecular formula is C15H22ClNO2S. The summed E-state index contributed by atoms with van der Waals surface area (Å²) < 4.78 is 27.3.